The number of allylic oxidation sites excluding steroid dienone is 8. The van der Waals surface area contributed by atoms with Crippen molar-refractivity contribution in [1.29, 1.82) is 0 Å². The Morgan fingerprint density at radius 2 is 0.368 bits per heavy atom. The van der Waals surface area contributed by atoms with Crippen LogP contribution in [0.4, 0.5) is 0 Å². The van der Waals surface area contributed by atoms with Gasteiger partial charge in [-0.1, -0.05) is 282 Å². The van der Waals surface area contributed by atoms with Crippen molar-refractivity contribution in [2.45, 2.75) is 387 Å². The number of carbonyl (C=O) groups is 4. The van der Waals surface area contributed by atoms with Crippen LogP contribution in [-0.2, 0) is 73.7 Å². The molecule has 0 aromatic carbocycles. The minimum absolute atomic E-state index is 0. The molecule has 504 valence electrons. The molecule has 87 heavy (non-hydrogen) atoms. The van der Waals surface area contributed by atoms with Gasteiger partial charge in [0.2, 0.25) is 0 Å². The van der Waals surface area contributed by atoms with Gasteiger partial charge in [-0.25, -0.2) is 9.13 Å². The van der Waals surface area contributed by atoms with Gasteiger partial charge in [-0.15, -0.1) is 0 Å². The van der Waals surface area contributed by atoms with Crippen molar-refractivity contribution in [2.24, 2.45) is 0 Å². The summed E-state index contributed by atoms with van der Waals surface area (Å²) >= 11 is 0. The van der Waals surface area contributed by atoms with E-state index in [4.69, 9.17) is 0 Å². The Morgan fingerprint density at radius 1 is 0.241 bits per heavy atom. The summed E-state index contributed by atoms with van der Waals surface area (Å²) in [5, 5.41) is 0. The molecule has 0 fully saturated rings. The minimum atomic E-state index is -4.95. The van der Waals surface area contributed by atoms with E-state index in [1.54, 1.807) is 0 Å². The zero-order valence-electron chi connectivity index (χ0n) is 56.7. The first-order valence-corrected chi connectivity index (χ1v) is 38.9. The van der Waals surface area contributed by atoms with E-state index >= 15 is 0 Å². The van der Waals surface area contributed by atoms with Gasteiger partial charge in [-0.2, -0.15) is 0 Å². The molecule has 0 atom stereocenters. The first-order chi connectivity index (χ1) is 41.8. The Balaban J connectivity index is -0.00000160. The van der Waals surface area contributed by atoms with Gasteiger partial charge in [0, 0.05) is 25.7 Å². The molecular formula is C72H132CdO12P2. The van der Waals surface area contributed by atoms with E-state index in [1.165, 1.54) is 180 Å². The summed E-state index contributed by atoms with van der Waals surface area (Å²) in [4.78, 5) is 71.3. The Labute approximate surface area is 555 Å². The standard InChI is InChI=1S/2C36H67O6P.Cd/c2*1-3-5-7-9-11-13-15-17-19-21-23-25-27-29-31-33-35(37)41-43(39,40)42-36(38)34-32-30-28-26-24-22-20-18-16-14-12-10-8-6-4-2;/h2*17-20H,3-16,21-34H2,1-2H3,(H,39,40);/q;;+2/p-2/b2*19-17+,20-18+;. The van der Waals surface area contributed by atoms with Crippen LogP contribution in [0.2, 0.25) is 0 Å². The second kappa shape index (κ2) is 71.6. The van der Waals surface area contributed by atoms with Crippen LogP contribution in [-0.4, -0.2) is 23.9 Å². The van der Waals surface area contributed by atoms with E-state index in [0.29, 0.717) is 25.7 Å². The maximum absolute atomic E-state index is 11.9. The van der Waals surface area contributed by atoms with Crippen molar-refractivity contribution in [1.82, 2.24) is 0 Å². The van der Waals surface area contributed by atoms with Gasteiger partial charge in [0.15, 0.2) is 0 Å². The second-order valence-corrected chi connectivity index (χ2v) is 26.6. The van der Waals surface area contributed by atoms with Crippen LogP contribution in [0.5, 0.6) is 0 Å². The first-order valence-electron chi connectivity index (χ1n) is 35.9. The number of hydrogen-bond acceptors (Lipinski definition) is 12. The number of carbonyl (C=O) groups excluding carboxylic acids is 4. The Hall–Kier alpha value is -1.86. The molecule has 0 aromatic heterocycles. The summed E-state index contributed by atoms with van der Waals surface area (Å²) < 4.78 is 41.6. The summed E-state index contributed by atoms with van der Waals surface area (Å²) in [6, 6.07) is 0. The quantitative estimate of drug-likeness (QED) is 0.0243. The maximum Gasteiger partial charge on any atom is 2.00 e. The van der Waals surface area contributed by atoms with Crippen molar-refractivity contribution >= 4 is 39.5 Å². The van der Waals surface area contributed by atoms with E-state index < -0.39 is 39.5 Å². The fraction of sp³-hybridized carbons (Fsp3) is 0.833. The van der Waals surface area contributed by atoms with Crippen molar-refractivity contribution in [3.05, 3.63) is 48.6 Å². The topological polar surface area (TPSA) is 185 Å². The van der Waals surface area contributed by atoms with Gasteiger partial charge < -0.3 is 27.9 Å². The Kier molecular flexibility index (Phi) is 73.5. The van der Waals surface area contributed by atoms with Crippen molar-refractivity contribution in [3.63, 3.8) is 0 Å². The summed E-state index contributed by atoms with van der Waals surface area (Å²) in [6.45, 7) is 8.97. The molecule has 0 radical (unpaired) electrons. The molecular weight excluding hydrogens is 1230 g/mol. The van der Waals surface area contributed by atoms with Crippen LogP contribution in [0.25, 0.3) is 0 Å². The molecule has 15 heteroatoms. The molecule has 0 amide bonds. The fourth-order valence-corrected chi connectivity index (χ4v) is 11.5. The van der Waals surface area contributed by atoms with E-state index in [1.807, 2.05) is 0 Å². The third kappa shape index (κ3) is 76.5. The van der Waals surface area contributed by atoms with Gasteiger partial charge >= 0.3 is 66.8 Å². The van der Waals surface area contributed by atoms with Crippen LogP contribution >= 0.6 is 15.6 Å². The van der Waals surface area contributed by atoms with Crippen molar-refractivity contribution < 1.29 is 83.5 Å². The largest absolute Gasteiger partial charge is 2.00 e. The smallest absolute Gasteiger partial charge is 0.736 e. The molecule has 0 unspecified atom stereocenters. The molecule has 0 heterocycles. The third-order valence-electron chi connectivity index (χ3n) is 15.4. The van der Waals surface area contributed by atoms with Gasteiger partial charge in [0.1, 0.15) is 0 Å². The van der Waals surface area contributed by atoms with Crippen LogP contribution in [0, 0.1) is 0 Å². The molecule has 0 aromatic rings. The average molecular weight is 1360 g/mol. The van der Waals surface area contributed by atoms with Crippen molar-refractivity contribution in [2.75, 3.05) is 0 Å². The molecule has 0 aliphatic rings. The predicted octanol–water partition coefficient (Wildman–Crippen LogP) is 23.2. The Bertz CT molecular complexity index is 1510. The third-order valence-corrected chi connectivity index (χ3v) is 17.1. The summed E-state index contributed by atoms with van der Waals surface area (Å²) in [5.41, 5.74) is 0. The SMILES string of the molecule is CCCCCCCC/C=C/CCCCCCCC(=O)OP(=O)([O-])OC(=O)CCCCCCC/C=C/CCCCCCCC.CCCCCCCC/C=C/CCCCCCCC(=O)OP(=O)([O-])OC(=O)CCCCCCC/C=C/CCCCCCCC.[Cd+2]. The number of hydrogen-bond donors (Lipinski definition) is 0. The van der Waals surface area contributed by atoms with Crippen LogP contribution < -0.4 is 9.79 Å². The zero-order chi connectivity index (χ0) is 63.4. The van der Waals surface area contributed by atoms with Gasteiger partial charge in [-0.05, 0) is 128 Å². The summed E-state index contributed by atoms with van der Waals surface area (Å²) in [7, 11) is -9.90. The predicted molar refractivity (Wildman–Crippen MR) is 357 cm³/mol. The molecule has 0 saturated heterocycles. The average Bonchev–Trinajstić information content (AvgIpc) is 3.66. The number of phosphoric ester groups is 2. The van der Waals surface area contributed by atoms with Gasteiger partial charge in [0.25, 0.3) is 0 Å². The van der Waals surface area contributed by atoms with E-state index in [2.05, 4.69) is 94.4 Å². The normalized spacial score (nSPS) is 11.8. The monoisotopic (exact) mass is 1360 g/mol. The molecule has 0 aliphatic heterocycles. The van der Waals surface area contributed by atoms with Crippen LogP contribution in [0.15, 0.2) is 48.6 Å². The number of unbranched alkanes of at least 4 members (excludes halogenated alkanes) is 44. The second-order valence-electron chi connectivity index (χ2n) is 24.1. The maximum atomic E-state index is 11.9. The van der Waals surface area contributed by atoms with Crippen LogP contribution in [0.3, 0.4) is 0 Å². The Morgan fingerprint density at radius 3 is 0.517 bits per heavy atom. The molecule has 12 nitrogen and oxygen atoms in total. The number of phosphoric acid groups is 2. The molecule has 0 N–H and O–H groups in total. The van der Waals surface area contributed by atoms with E-state index in [0.717, 1.165) is 128 Å². The van der Waals surface area contributed by atoms with Crippen molar-refractivity contribution in [3.8, 4) is 0 Å². The summed E-state index contributed by atoms with van der Waals surface area (Å²) in [5.74, 6) is -3.43. The fourth-order valence-electron chi connectivity index (χ4n) is 10.1. The van der Waals surface area contributed by atoms with E-state index in [-0.39, 0.29) is 53.0 Å². The molecule has 0 aliphatic carbocycles. The molecule has 0 rings (SSSR count). The first kappa shape index (κ1) is 89.3. The molecule has 0 bridgehead atoms. The van der Waals surface area contributed by atoms with Crippen LogP contribution in [0.1, 0.15) is 387 Å². The molecule has 0 saturated carbocycles. The van der Waals surface area contributed by atoms with Gasteiger partial charge in [0.05, 0.1) is 0 Å². The molecule has 0 spiro atoms. The number of rotatable bonds is 64. The zero-order valence-corrected chi connectivity index (χ0v) is 62.5. The van der Waals surface area contributed by atoms with E-state index in [9.17, 15) is 38.1 Å². The minimum Gasteiger partial charge on any atom is -0.736 e. The van der Waals surface area contributed by atoms with Gasteiger partial charge in [-0.3, -0.25) is 19.2 Å². The summed E-state index contributed by atoms with van der Waals surface area (Å²) in [6.07, 6.45) is 77.7.